The number of aromatic nitrogens is 2. The second kappa shape index (κ2) is 5.80. The fourth-order valence-corrected chi connectivity index (χ4v) is 2.83. The fourth-order valence-electron chi connectivity index (χ4n) is 1.63. The Labute approximate surface area is 125 Å². The number of hydrogen-bond donors (Lipinski definition) is 1. The maximum atomic E-state index is 12.1. The molecule has 0 unspecified atom stereocenters. The van der Waals surface area contributed by atoms with Gasteiger partial charge in [-0.3, -0.25) is 14.8 Å². The third kappa shape index (κ3) is 3.38. The SMILES string of the molecule is Cn1nccc1CNS(=O)(=O)c1ccc(Cl)c([N+](=O)[O-])c1. The maximum absolute atomic E-state index is 12.1. The van der Waals surface area contributed by atoms with Gasteiger partial charge < -0.3 is 0 Å². The van der Waals surface area contributed by atoms with Gasteiger partial charge in [0, 0.05) is 19.3 Å². The van der Waals surface area contributed by atoms with Crippen LogP contribution < -0.4 is 4.72 Å². The number of aryl methyl sites for hydroxylation is 1. The van der Waals surface area contributed by atoms with Gasteiger partial charge in [0.05, 0.1) is 22.1 Å². The van der Waals surface area contributed by atoms with Gasteiger partial charge in [0.1, 0.15) is 5.02 Å². The van der Waals surface area contributed by atoms with Crippen molar-refractivity contribution in [2.24, 2.45) is 7.05 Å². The molecule has 0 amide bonds. The minimum atomic E-state index is -3.88. The molecule has 112 valence electrons. The first kappa shape index (κ1) is 15.4. The highest BCUT2D eigenvalue weighted by Crippen LogP contribution is 2.27. The third-order valence-electron chi connectivity index (χ3n) is 2.79. The number of sulfonamides is 1. The van der Waals surface area contributed by atoms with Gasteiger partial charge in [0.2, 0.25) is 10.0 Å². The van der Waals surface area contributed by atoms with E-state index in [4.69, 9.17) is 11.6 Å². The molecule has 1 N–H and O–H groups in total. The summed E-state index contributed by atoms with van der Waals surface area (Å²) in [6.07, 6.45) is 1.54. The molecule has 8 nitrogen and oxygen atoms in total. The second-order valence-electron chi connectivity index (χ2n) is 4.14. The van der Waals surface area contributed by atoms with Gasteiger partial charge in [-0.2, -0.15) is 5.10 Å². The van der Waals surface area contributed by atoms with Crippen molar-refractivity contribution in [1.82, 2.24) is 14.5 Å². The van der Waals surface area contributed by atoms with E-state index < -0.39 is 20.6 Å². The molecule has 0 aliphatic heterocycles. The Kier molecular flexibility index (Phi) is 4.26. The van der Waals surface area contributed by atoms with Gasteiger partial charge in [0.15, 0.2) is 0 Å². The average molecular weight is 331 g/mol. The number of rotatable bonds is 5. The lowest BCUT2D eigenvalue weighted by Crippen LogP contribution is -2.24. The van der Waals surface area contributed by atoms with Crippen molar-refractivity contribution in [3.63, 3.8) is 0 Å². The Balaban J connectivity index is 2.26. The number of nitro groups is 1. The van der Waals surface area contributed by atoms with Gasteiger partial charge >= 0.3 is 0 Å². The first-order valence-electron chi connectivity index (χ1n) is 5.72. The van der Waals surface area contributed by atoms with Gasteiger partial charge in [-0.15, -0.1) is 0 Å². The summed E-state index contributed by atoms with van der Waals surface area (Å²) in [5, 5.41) is 14.6. The lowest BCUT2D eigenvalue weighted by atomic mass is 10.3. The van der Waals surface area contributed by atoms with E-state index in [0.29, 0.717) is 5.69 Å². The molecule has 0 radical (unpaired) electrons. The quantitative estimate of drug-likeness (QED) is 0.659. The van der Waals surface area contributed by atoms with Crippen molar-refractivity contribution in [1.29, 1.82) is 0 Å². The van der Waals surface area contributed by atoms with Gasteiger partial charge in [-0.05, 0) is 18.2 Å². The number of halogens is 1. The zero-order valence-electron chi connectivity index (χ0n) is 10.9. The normalized spacial score (nSPS) is 11.5. The van der Waals surface area contributed by atoms with Gasteiger partial charge in [0.25, 0.3) is 5.69 Å². The summed E-state index contributed by atoms with van der Waals surface area (Å²) < 4.78 is 28.1. The van der Waals surface area contributed by atoms with Crippen molar-refractivity contribution >= 4 is 27.3 Å². The molecule has 0 atom stereocenters. The highest BCUT2D eigenvalue weighted by Gasteiger charge is 2.20. The minimum Gasteiger partial charge on any atom is -0.271 e. The molecule has 2 aromatic rings. The van der Waals surface area contributed by atoms with E-state index in [1.54, 1.807) is 13.1 Å². The molecular weight excluding hydrogens is 320 g/mol. The smallest absolute Gasteiger partial charge is 0.271 e. The van der Waals surface area contributed by atoms with E-state index >= 15 is 0 Å². The molecule has 0 spiro atoms. The maximum Gasteiger partial charge on any atom is 0.289 e. The lowest BCUT2D eigenvalue weighted by Gasteiger charge is -2.07. The van der Waals surface area contributed by atoms with E-state index in [0.717, 1.165) is 6.07 Å². The molecule has 0 aliphatic rings. The van der Waals surface area contributed by atoms with Crippen LogP contribution in [-0.2, 0) is 23.6 Å². The van der Waals surface area contributed by atoms with Crippen LogP contribution in [0.25, 0.3) is 0 Å². The van der Waals surface area contributed by atoms with Crippen LogP contribution in [0.15, 0.2) is 35.4 Å². The molecule has 0 bridgehead atoms. The molecule has 0 saturated carbocycles. The first-order valence-corrected chi connectivity index (χ1v) is 7.58. The molecule has 1 aromatic carbocycles. The van der Waals surface area contributed by atoms with Crippen molar-refractivity contribution in [2.45, 2.75) is 11.4 Å². The molecule has 1 heterocycles. The van der Waals surface area contributed by atoms with E-state index in [1.165, 1.54) is 23.0 Å². The van der Waals surface area contributed by atoms with Crippen LogP contribution in [0.4, 0.5) is 5.69 Å². The summed E-state index contributed by atoms with van der Waals surface area (Å²) in [6, 6.07) is 4.97. The monoisotopic (exact) mass is 330 g/mol. The third-order valence-corrected chi connectivity index (χ3v) is 4.51. The Morgan fingerprint density at radius 2 is 2.14 bits per heavy atom. The Morgan fingerprint density at radius 3 is 2.71 bits per heavy atom. The first-order chi connectivity index (χ1) is 9.81. The largest absolute Gasteiger partial charge is 0.289 e. The second-order valence-corrected chi connectivity index (χ2v) is 6.32. The molecule has 2 rings (SSSR count). The summed E-state index contributed by atoms with van der Waals surface area (Å²) >= 11 is 5.65. The molecule has 0 saturated heterocycles. The fraction of sp³-hybridized carbons (Fsp3) is 0.182. The molecule has 10 heteroatoms. The number of benzene rings is 1. The van der Waals surface area contributed by atoms with Gasteiger partial charge in [-0.1, -0.05) is 11.6 Å². The van der Waals surface area contributed by atoms with Crippen molar-refractivity contribution in [3.05, 3.63) is 51.3 Å². The summed E-state index contributed by atoms with van der Waals surface area (Å²) in [5.74, 6) is 0. The predicted octanol–water partition coefficient (Wildman–Crippen LogP) is 1.46. The number of nitro benzene ring substituents is 1. The number of hydrogen-bond acceptors (Lipinski definition) is 5. The van der Waals surface area contributed by atoms with Crippen LogP contribution in [0.1, 0.15) is 5.69 Å². The Bertz CT molecular complexity index is 787. The predicted molar refractivity (Wildman–Crippen MR) is 75.3 cm³/mol. The Morgan fingerprint density at radius 1 is 1.43 bits per heavy atom. The molecular formula is C11H11ClN4O4S. The minimum absolute atomic E-state index is 0.0231. The lowest BCUT2D eigenvalue weighted by molar-refractivity contribution is -0.384. The highest BCUT2D eigenvalue weighted by atomic mass is 35.5. The van der Waals surface area contributed by atoms with Crippen LogP contribution in [0.2, 0.25) is 5.02 Å². The van der Waals surface area contributed by atoms with E-state index in [9.17, 15) is 18.5 Å². The molecule has 21 heavy (non-hydrogen) atoms. The zero-order chi connectivity index (χ0) is 15.6. The summed E-state index contributed by atoms with van der Waals surface area (Å²) in [7, 11) is -2.20. The summed E-state index contributed by atoms with van der Waals surface area (Å²) in [4.78, 5) is 9.83. The van der Waals surface area contributed by atoms with Crippen LogP contribution in [0, 0.1) is 10.1 Å². The van der Waals surface area contributed by atoms with Gasteiger partial charge in [-0.25, -0.2) is 13.1 Å². The zero-order valence-corrected chi connectivity index (χ0v) is 12.4. The standard InChI is InChI=1S/C11H11ClN4O4S/c1-15-8(4-5-13-15)7-14-21(19,20)9-2-3-10(12)11(6-9)16(17)18/h2-6,14H,7H2,1H3. The van der Waals surface area contributed by atoms with E-state index in [1.807, 2.05) is 0 Å². The van der Waals surface area contributed by atoms with E-state index in [2.05, 4.69) is 9.82 Å². The Hall–Kier alpha value is -1.97. The molecule has 1 aromatic heterocycles. The number of nitrogens with zero attached hydrogens (tertiary/aromatic N) is 3. The average Bonchev–Trinajstić information content (AvgIpc) is 2.82. The van der Waals surface area contributed by atoms with Crippen LogP contribution in [0.5, 0.6) is 0 Å². The summed E-state index contributed by atoms with van der Waals surface area (Å²) in [5.41, 5.74) is 0.196. The van der Waals surface area contributed by atoms with Crippen LogP contribution in [-0.4, -0.2) is 23.1 Å². The summed E-state index contributed by atoms with van der Waals surface area (Å²) in [6.45, 7) is 0.0231. The van der Waals surface area contributed by atoms with Crippen molar-refractivity contribution < 1.29 is 13.3 Å². The van der Waals surface area contributed by atoms with E-state index in [-0.39, 0.29) is 16.5 Å². The molecule has 0 aliphatic carbocycles. The van der Waals surface area contributed by atoms with Crippen molar-refractivity contribution in [2.75, 3.05) is 0 Å². The van der Waals surface area contributed by atoms with Crippen LogP contribution in [0.3, 0.4) is 0 Å². The molecule has 0 fully saturated rings. The topological polar surface area (TPSA) is 107 Å². The number of nitrogens with one attached hydrogen (secondary N) is 1. The van der Waals surface area contributed by atoms with Crippen LogP contribution >= 0.6 is 11.6 Å². The van der Waals surface area contributed by atoms with Crippen molar-refractivity contribution in [3.8, 4) is 0 Å². The highest BCUT2D eigenvalue weighted by molar-refractivity contribution is 7.89.